The van der Waals surface area contributed by atoms with Crippen LogP contribution in [0.1, 0.15) is 33.2 Å². The molecule has 0 aliphatic heterocycles. The van der Waals surface area contributed by atoms with Crippen LogP contribution in [0.4, 0.5) is 17.3 Å². The van der Waals surface area contributed by atoms with Gasteiger partial charge in [-0.1, -0.05) is 35.9 Å². The molecule has 8 nitrogen and oxygen atoms in total. The lowest BCUT2D eigenvalue weighted by Crippen LogP contribution is -2.31. The van der Waals surface area contributed by atoms with Gasteiger partial charge in [-0.05, 0) is 49.2 Å². The summed E-state index contributed by atoms with van der Waals surface area (Å²) < 4.78 is 0. The van der Waals surface area contributed by atoms with Crippen molar-refractivity contribution in [1.82, 2.24) is 20.3 Å². The number of rotatable bonds is 8. The second kappa shape index (κ2) is 10.4. The van der Waals surface area contributed by atoms with Gasteiger partial charge in [-0.15, -0.1) is 0 Å². The summed E-state index contributed by atoms with van der Waals surface area (Å²) in [5, 5.41) is 16.0. The van der Waals surface area contributed by atoms with Crippen LogP contribution < -0.4 is 15.5 Å². The number of aliphatic hydroxyl groups is 1. The van der Waals surface area contributed by atoms with E-state index in [1.54, 1.807) is 18.5 Å². The molecule has 4 aromatic rings. The van der Waals surface area contributed by atoms with E-state index in [-0.39, 0.29) is 12.5 Å². The summed E-state index contributed by atoms with van der Waals surface area (Å²) in [5.74, 6) is 0.163. The minimum atomic E-state index is -0.497. The maximum absolute atomic E-state index is 12.9. The fraction of sp³-hybridized carbons (Fsp3) is 0.222. The van der Waals surface area contributed by atoms with Gasteiger partial charge in [-0.2, -0.15) is 0 Å². The number of nitrogens with zero attached hydrogens (tertiary/aromatic N) is 3. The van der Waals surface area contributed by atoms with Gasteiger partial charge in [0.2, 0.25) is 5.95 Å². The van der Waals surface area contributed by atoms with Gasteiger partial charge in [-0.25, -0.2) is 9.97 Å². The smallest absolute Gasteiger partial charge is 0.268 e. The Morgan fingerprint density at radius 2 is 1.91 bits per heavy atom. The maximum atomic E-state index is 12.9. The predicted octanol–water partition coefficient (Wildman–Crippen LogP) is 4.36. The normalized spacial score (nSPS) is 11.7. The minimum Gasteiger partial charge on any atom is -0.394 e. The van der Waals surface area contributed by atoms with Crippen LogP contribution in [0.2, 0.25) is 0 Å². The lowest BCUT2D eigenvalue weighted by Gasteiger charge is -2.16. The van der Waals surface area contributed by atoms with Crippen LogP contribution >= 0.6 is 0 Å². The first-order valence-electron chi connectivity index (χ1n) is 11.4. The number of carbonyl (C=O) groups is 1. The molecule has 0 bridgehead atoms. The molecule has 0 aliphatic carbocycles. The summed E-state index contributed by atoms with van der Waals surface area (Å²) in [6.07, 6.45) is 3.51. The number of nitrogens with one attached hydrogen (secondary N) is 3. The van der Waals surface area contributed by atoms with Crippen LogP contribution in [0.25, 0.3) is 11.3 Å². The number of benzene rings is 2. The second-order valence-electron chi connectivity index (χ2n) is 8.72. The van der Waals surface area contributed by atoms with Crippen LogP contribution in [0, 0.1) is 13.8 Å². The topological polar surface area (TPSA) is 106 Å². The summed E-state index contributed by atoms with van der Waals surface area (Å²) in [6, 6.07) is 17.0. The van der Waals surface area contributed by atoms with Crippen molar-refractivity contribution in [2.24, 2.45) is 0 Å². The number of hydrogen-bond acceptors (Lipinski definition) is 6. The minimum absolute atomic E-state index is 0.197. The summed E-state index contributed by atoms with van der Waals surface area (Å²) >= 11 is 0. The Labute approximate surface area is 205 Å². The zero-order chi connectivity index (χ0) is 24.9. The molecule has 0 aliphatic rings. The van der Waals surface area contributed by atoms with Crippen LogP contribution in [0.5, 0.6) is 0 Å². The Morgan fingerprint density at radius 1 is 1.11 bits per heavy atom. The van der Waals surface area contributed by atoms with Crippen molar-refractivity contribution in [2.75, 3.05) is 30.9 Å². The molecule has 2 aromatic heterocycles. The van der Waals surface area contributed by atoms with Crippen molar-refractivity contribution in [3.63, 3.8) is 0 Å². The fourth-order valence-electron chi connectivity index (χ4n) is 3.80. The SMILES string of the molecule is Cc1cccc(C(CO)NC(=O)c2cc(-c3nc(Nc4cccc(N(C)C)c4)ncc3C)c[nH]2)c1. The fourth-order valence-corrected chi connectivity index (χ4v) is 3.80. The Morgan fingerprint density at radius 3 is 2.66 bits per heavy atom. The van der Waals surface area contributed by atoms with E-state index in [0.717, 1.165) is 39.3 Å². The molecular formula is C27H30N6O2. The van der Waals surface area contributed by atoms with Crippen LogP contribution in [-0.2, 0) is 0 Å². The monoisotopic (exact) mass is 470 g/mol. The van der Waals surface area contributed by atoms with Crippen LogP contribution in [0.3, 0.4) is 0 Å². The van der Waals surface area contributed by atoms with Crippen molar-refractivity contribution >= 4 is 23.2 Å². The maximum Gasteiger partial charge on any atom is 0.268 e. The molecule has 1 atom stereocenters. The molecule has 0 fully saturated rings. The molecule has 2 heterocycles. The predicted molar refractivity (Wildman–Crippen MR) is 139 cm³/mol. The standard InChI is InChI=1S/C27H30N6O2/c1-17-7-5-8-19(11-17)24(16-34)31-26(35)23-12-20(15-28-23)25-18(2)14-29-27(32-25)30-21-9-6-10-22(13-21)33(3)4/h5-15,24,28,34H,16H2,1-4H3,(H,31,35)(H,29,30,32). The summed E-state index contributed by atoms with van der Waals surface area (Å²) in [6.45, 7) is 3.71. The highest BCUT2D eigenvalue weighted by atomic mass is 16.3. The Balaban J connectivity index is 1.52. The first kappa shape index (κ1) is 24.0. The number of hydrogen-bond donors (Lipinski definition) is 4. The molecule has 0 spiro atoms. The molecule has 4 rings (SSSR count). The van der Waals surface area contributed by atoms with Gasteiger partial charge >= 0.3 is 0 Å². The van der Waals surface area contributed by atoms with E-state index < -0.39 is 6.04 Å². The molecule has 35 heavy (non-hydrogen) atoms. The second-order valence-corrected chi connectivity index (χ2v) is 8.72. The van der Waals surface area contributed by atoms with Gasteiger partial charge in [-0.3, -0.25) is 4.79 Å². The third kappa shape index (κ3) is 5.67. The van der Waals surface area contributed by atoms with Gasteiger partial charge in [0.15, 0.2) is 0 Å². The van der Waals surface area contributed by atoms with Crippen molar-refractivity contribution in [3.8, 4) is 11.3 Å². The Hall–Kier alpha value is -4.17. The summed E-state index contributed by atoms with van der Waals surface area (Å²) in [7, 11) is 3.98. The first-order valence-corrected chi connectivity index (χ1v) is 11.4. The highest BCUT2D eigenvalue weighted by Crippen LogP contribution is 2.25. The van der Waals surface area contributed by atoms with Gasteiger partial charge in [0.25, 0.3) is 5.91 Å². The van der Waals surface area contributed by atoms with Gasteiger partial charge in [0, 0.05) is 43.4 Å². The van der Waals surface area contributed by atoms with Crippen molar-refractivity contribution in [3.05, 3.63) is 89.4 Å². The quantitative estimate of drug-likeness (QED) is 0.305. The number of anilines is 3. The van der Waals surface area contributed by atoms with Crippen molar-refractivity contribution in [2.45, 2.75) is 19.9 Å². The zero-order valence-electron chi connectivity index (χ0n) is 20.3. The molecular weight excluding hydrogens is 440 g/mol. The van der Waals surface area contributed by atoms with Gasteiger partial charge in [0.1, 0.15) is 5.69 Å². The number of aromatic nitrogens is 3. The Kier molecular flexibility index (Phi) is 7.12. The zero-order valence-corrected chi connectivity index (χ0v) is 20.3. The summed E-state index contributed by atoms with van der Waals surface area (Å²) in [5.41, 5.74) is 6.63. The third-order valence-electron chi connectivity index (χ3n) is 5.72. The number of aliphatic hydroxyl groups excluding tert-OH is 1. The molecule has 180 valence electrons. The van der Waals surface area contributed by atoms with Gasteiger partial charge < -0.3 is 25.6 Å². The average Bonchev–Trinajstić information content (AvgIpc) is 3.34. The molecule has 0 saturated carbocycles. The van der Waals surface area contributed by atoms with Gasteiger partial charge in [0.05, 0.1) is 18.3 Å². The van der Waals surface area contributed by atoms with E-state index >= 15 is 0 Å². The van der Waals surface area contributed by atoms with Crippen LogP contribution in [0.15, 0.2) is 67.0 Å². The van der Waals surface area contributed by atoms with E-state index in [1.807, 2.05) is 81.4 Å². The summed E-state index contributed by atoms with van der Waals surface area (Å²) in [4.78, 5) is 27.1. The first-order chi connectivity index (χ1) is 16.8. The van der Waals surface area contributed by atoms with E-state index in [4.69, 9.17) is 4.98 Å². The Bertz CT molecular complexity index is 1330. The molecule has 2 aromatic carbocycles. The van der Waals surface area contributed by atoms with E-state index in [0.29, 0.717) is 11.6 Å². The number of carbonyl (C=O) groups excluding carboxylic acids is 1. The van der Waals surface area contributed by atoms with Crippen LogP contribution in [-0.4, -0.2) is 46.7 Å². The molecule has 1 amide bonds. The molecule has 0 saturated heterocycles. The van der Waals surface area contributed by atoms with E-state index in [1.165, 1.54) is 0 Å². The van der Waals surface area contributed by atoms with E-state index in [2.05, 4.69) is 20.6 Å². The molecule has 8 heteroatoms. The van der Waals surface area contributed by atoms with E-state index in [9.17, 15) is 9.90 Å². The lowest BCUT2D eigenvalue weighted by molar-refractivity contribution is 0.0911. The third-order valence-corrected chi connectivity index (χ3v) is 5.72. The lowest BCUT2D eigenvalue weighted by atomic mass is 10.0. The number of amides is 1. The molecule has 0 radical (unpaired) electrons. The number of aryl methyl sites for hydroxylation is 2. The number of H-pyrrole nitrogens is 1. The van der Waals surface area contributed by atoms with Crippen molar-refractivity contribution < 1.29 is 9.90 Å². The highest BCUT2D eigenvalue weighted by Gasteiger charge is 2.18. The largest absolute Gasteiger partial charge is 0.394 e. The molecule has 1 unspecified atom stereocenters. The highest BCUT2D eigenvalue weighted by molar-refractivity contribution is 5.94. The molecule has 4 N–H and O–H groups in total. The van der Waals surface area contributed by atoms with Crippen molar-refractivity contribution in [1.29, 1.82) is 0 Å². The average molecular weight is 471 g/mol. The number of aromatic amines is 1.